The standard InChI is InChI=1S/C18H23N3O2/c19-17(23)21-15-3-1-14(2-4-15)20-16(22)18-8-11-5-12(9-18)7-13(6-11)10-18/h1-4,11-13H,5-10H2,(H,20,22)(H3,19,21,23). The molecule has 1 aromatic carbocycles. The summed E-state index contributed by atoms with van der Waals surface area (Å²) in [6.45, 7) is 0. The minimum atomic E-state index is -0.588. The van der Waals surface area contributed by atoms with Gasteiger partial charge in [-0.15, -0.1) is 0 Å². The zero-order valence-corrected chi connectivity index (χ0v) is 13.2. The summed E-state index contributed by atoms with van der Waals surface area (Å²) in [6.07, 6.45) is 7.19. The van der Waals surface area contributed by atoms with Crippen molar-refractivity contribution in [3.63, 3.8) is 0 Å². The van der Waals surface area contributed by atoms with E-state index in [2.05, 4.69) is 10.6 Å². The zero-order chi connectivity index (χ0) is 16.0. The molecule has 4 saturated carbocycles. The van der Waals surface area contributed by atoms with Crippen LogP contribution in [0.3, 0.4) is 0 Å². The molecule has 0 heterocycles. The molecule has 122 valence electrons. The lowest BCUT2D eigenvalue weighted by Crippen LogP contribution is -2.51. The molecule has 4 bridgehead atoms. The van der Waals surface area contributed by atoms with Crippen molar-refractivity contribution in [3.05, 3.63) is 24.3 Å². The van der Waals surface area contributed by atoms with Gasteiger partial charge in [0.2, 0.25) is 5.91 Å². The number of primary amides is 1. The topological polar surface area (TPSA) is 84.2 Å². The third kappa shape index (κ3) is 2.69. The Hall–Kier alpha value is -2.04. The van der Waals surface area contributed by atoms with E-state index in [-0.39, 0.29) is 11.3 Å². The maximum Gasteiger partial charge on any atom is 0.316 e. The van der Waals surface area contributed by atoms with E-state index in [0.717, 1.165) is 42.7 Å². The molecule has 23 heavy (non-hydrogen) atoms. The van der Waals surface area contributed by atoms with E-state index < -0.39 is 6.03 Å². The molecule has 1 aromatic rings. The lowest BCUT2D eigenvalue weighted by atomic mass is 9.49. The highest BCUT2D eigenvalue weighted by atomic mass is 16.2. The smallest absolute Gasteiger partial charge is 0.316 e. The molecule has 3 amide bonds. The van der Waals surface area contributed by atoms with Gasteiger partial charge in [-0.1, -0.05) is 0 Å². The molecule has 0 unspecified atom stereocenters. The van der Waals surface area contributed by atoms with Crippen LogP contribution in [0.25, 0.3) is 0 Å². The quantitative estimate of drug-likeness (QED) is 0.799. The summed E-state index contributed by atoms with van der Waals surface area (Å²) in [6, 6.07) is 6.53. The summed E-state index contributed by atoms with van der Waals surface area (Å²) in [4.78, 5) is 23.8. The van der Waals surface area contributed by atoms with E-state index in [1.807, 2.05) is 12.1 Å². The first-order chi connectivity index (χ1) is 11.0. The van der Waals surface area contributed by atoms with E-state index in [0.29, 0.717) is 5.69 Å². The maximum absolute atomic E-state index is 12.9. The number of urea groups is 1. The highest BCUT2D eigenvalue weighted by Crippen LogP contribution is 2.60. The van der Waals surface area contributed by atoms with Gasteiger partial charge in [-0.05, 0) is 80.5 Å². The van der Waals surface area contributed by atoms with Crippen molar-refractivity contribution in [2.75, 3.05) is 10.6 Å². The predicted molar refractivity (Wildman–Crippen MR) is 88.9 cm³/mol. The van der Waals surface area contributed by atoms with Crippen LogP contribution in [0, 0.1) is 23.2 Å². The number of nitrogens with two attached hydrogens (primary N) is 1. The average molecular weight is 313 g/mol. The number of carbonyl (C=O) groups is 2. The first-order valence-electron chi connectivity index (χ1n) is 8.50. The van der Waals surface area contributed by atoms with Crippen molar-refractivity contribution >= 4 is 23.3 Å². The molecular formula is C18H23N3O2. The maximum atomic E-state index is 12.9. The van der Waals surface area contributed by atoms with Gasteiger partial charge < -0.3 is 16.4 Å². The lowest BCUT2D eigenvalue weighted by molar-refractivity contribution is -0.140. The molecule has 0 spiro atoms. The third-order valence-corrected chi connectivity index (χ3v) is 5.93. The Labute approximate surface area is 136 Å². The Morgan fingerprint density at radius 2 is 1.30 bits per heavy atom. The predicted octanol–water partition coefficient (Wildman–Crippen LogP) is 3.33. The highest BCUT2D eigenvalue weighted by molar-refractivity contribution is 5.96. The number of nitrogens with one attached hydrogen (secondary N) is 2. The number of amides is 3. The number of hydrogen-bond donors (Lipinski definition) is 3. The van der Waals surface area contributed by atoms with Gasteiger partial charge in [0.05, 0.1) is 5.41 Å². The normalized spacial score (nSPS) is 34.2. The van der Waals surface area contributed by atoms with Gasteiger partial charge in [0, 0.05) is 11.4 Å². The van der Waals surface area contributed by atoms with Crippen molar-refractivity contribution in [2.45, 2.75) is 38.5 Å². The molecule has 4 N–H and O–H groups in total. The molecule has 0 saturated heterocycles. The van der Waals surface area contributed by atoms with Crippen LogP contribution >= 0.6 is 0 Å². The highest BCUT2D eigenvalue weighted by Gasteiger charge is 2.54. The fourth-order valence-electron chi connectivity index (χ4n) is 5.43. The summed E-state index contributed by atoms with van der Waals surface area (Å²) >= 11 is 0. The van der Waals surface area contributed by atoms with Crippen LogP contribution in [0.4, 0.5) is 16.2 Å². The second-order valence-corrected chi connectivity index (χ2v) is 7.72. The number of carbonyl (C=O) groups excluding carboxylic acids is 2. The van der Waals surface area contributed by atoms with Crippen LogP contribution in [0.5, 0.6) is 0 Å². The van der Waals surface area contributed by atoms with Gasteiger partial charge >= 0.3 is 6.03 Å². The van der Waals surface area contributed by atoms with Gasteiger partial charge in [0.15, 0.2) is 0 Å². The molecule has 4 aliphatic carbocycles. The van der Waals surface area contributed by atoms with Crippen LogP contribution in [-0.2, 0) is 4.79 Å². The molecule has 5 rings (SSSR count). The van der Waals surface area contributed by atoms with Crippen LogP contribution in [0.1, 0.15) is 38.5 Å². The van der Waals surface area contributed by atoms with Crippen molar-refractivity contribution in [1.29, 1.82) is 0 Å². The summed E-state index contributed by atoms with van der Waals surface area (Å²) in [5, 5.41) is 5.62. The number of benzene rings is 1. The minimum Gasteiger partial charge on any atom is -0.351 e. The molecular weight excluding hydrogens is 290 g/mol. The minimum absolute atomic E-state index is 0.140. The molecule has 4 fully saturated rings. The molecule has 5 heteroatoms. The molecule has 0 aliphatic heterocycles. The van der Waals surface area contributed by atoms with E-state index in [9.17, 15) is 9.59 Å². The van der Waals surface area contributed by atoms with Gasteiger partial charge in [0.25, 0.3) is 0 Å². The summed E-state index contributed by atoms with van der Waals surface area (Å²) in [7, 11) is 0. The van der Waals surface area contributed by atoms with Crippen molar-refractivity contribution in [3.8, 4) is 0 Å². The zero-order valence-electron chi connectivity index (χ0n) is 13.2. The first-order valence-corrected chi connectivity index (χ1v) is 8.50. The molecule has 0 aromatic heterocycles. The Morgan fingerprint density at radius 3 is 1.74 bits per heavy atom. The average Bonchev–Trinajstić information content (AvgIpc) is 2.47. The fraction of sp³-hybridized carbons (Fsp3) is 0.556. The molecule has 5 nitrogen and oxygen atoms in total. The van der Waals surface area contributed by atoms with Gasteiger partial charge in [-0.3, -0.25) is 4.79 Å². The largest absolute Gasteiger partial charge is 0.351 e. The Morgan fingerprint density at radius 1 is 0.870 bits per heavy atom. The summed E-state index contributed by atoms with van der Waals surface area (Å²) < 4.78 is 0. The van der Waals surface area contributed by atoms with Crippen molar-refractivity contribution < 1.29 is 9.59 Å². The van der Waals surface area contributed by atoms with Crippen LogP contribution in [0.15, 0.2) is 24.3 Å². The monoisotopic (exact) mass is 313 g/mol. The van der Waals surface area contributed by atoms with Crippen LogP contribution in [0.2, 0.25) is 0 Å². The lowest BCUT2D eigenvalue weighted by Gasteiger charge is -2.55. The fourth-order valence-corrected chi connectivity index (χ4v) is 5.43. The molecule has 4 aliphatic rings. The number of rotatable bonds is 3. The first kappa shape index (κ1) is 14.5. The van der Waals surface area contributed by atoms with Gasteiger partial charge in [-0.2, -0.15) is 0 Å². The van der Waals surface area contributed by atoms with Crippen LogP contribution < -0.4 is 16.4 Å². The number of anilines is 2. The summed E-state index contributed by atoms with van der Waals surface area (Å²) in [5.74, 6) is 2.46. The second-order valence-electron chi connectivity index (χ2n) is 7.72. The van der Waals surface area contributed by atoms with Gasteiger partial charge in [0.1, 0.15) is 0 Å². The Kier molecular flexibility index (Phi) is 3.32. The summed E-state index contributed by atoms with van der Waals surface area (Å²) in [5.41, 5.74) is 6.36. The molecule has 0 radical (unpaired) electrons. The Balaban J connectivity index is 1.46. The van der Waals surface area contributed by atoms with Crippen LogP contribution in [-0.4, -0.2) is 11.9 Å². The second kappa shape index (κ2) is 5.25. The van der Waals surface area contributed by atoms with Crippen molar-refractivity contribution in [1.82, 2.24) is 0 Å². The molecule has 0 atom stereocenters. The van der Waals surface area contributed by atoms with Crippen molar-refractivity contribution in [2.24, 2.45) is 28.9 Å². The Bertz CT molecular complexity index is 603. The SMILES string of the molecule is NC(=O)Nc1ccc(NC(=O)C23CC4CC(CC(C4)C2)C3)cc1. The van der Waals surface area contributed by atoms with E-state index in [1.165, 1.54) is 19.3 Å². The van der Waals surface area contributed by atoms with E-state index in [1.54, 1.807) is 12.1 Å². The van der Waals surface area contributed by atoms with E-state index in [4.69, 9.17) is 5.73 Å². The van der Waals surface area contributed by atoms with Gasteiger partial charge in [-0.25, -0.2) is 4.79 Å². The third-order valence-electron chi connectivity index (χ3n) is 5.93. The number of hydrogen-bond acceptors (Lipinski definition) is 2. The van der Waals surface area contributed by atoms with E-state index >= 15 is 0 Å².